The largest absolute Gasteiger partial charge is 0.482 e. The molecule has 2 N–H and O–H groups in total. The minimum atomic E-state index is -3.65. The Morgan fingerprint density at radius 1 is 0.625 bits per heavy atom. The first-order valence-electron chi connectivity index (χ1n) is 11.6. The average Bonchev–Trinajstić information content (AvgIpc) is 2.43. The second-order valence-corrected chi connectivity index (χ2v) is 36.8. The number of aliphatic hydroxyl groups is 2. The van der Waals surface area contributed by atoms with Crippen LogP contribution in [-0.2, 0) is 20.6 Å². The molecule has 1 atom stereocenters. The maximum Gasteiger partial charge on any atom is 0.482 e. The molecule has 0 aromatic rings. The zero-order valence-electron chi connectivity index (χ0n) is 23.1. The molecular weight excluding hydrogens is 509 g/mol. The van der Waals surface area contributed by atoms with E-state index < -0.39 is 63.6 Å². The van der Waals surface area contributed by atoms with Crippen LogP contribution in [0.3, 0.4) is 0 Å². The highest BCUT2D eigenvalue weighted by molar-refractivity contribution is 6.94. The first-order chi connectivity index (χ1) is 14.0. The summed E-state index contributed by atoms with van der Waals surface area (Å²) in [4.78, 5) is 0. The van der Waals surface area contributed by atoms with Crippen molar-refractivity contribution in [2.75, 3.05) is 6.61 Å². The second-order valence-electron chi connectivity index (χ2n) is 12.4. The van der Waals surface area contributed by atoms with Crippen molar-refractivity contribution in [3.8, 4) is 0 Å². The molecule has 0 heterocycles. The molecule has 0 bridgehead atoms. The van der Waals surface area contributed by atoms with E-state index in [4.69, 9.17) is 20.6 Å². The molecule has 0 aliphatic rings. The summed E-state index contributed by atoms with van der Waals surface area (Å²) in [5, 5.41) is 20.9. The predicted octanol–water partition coefficient (Wildman–Crippen LogP) is 5.18. The van der Waals surface area contributed by atoms with E-state index in [2.05, 4.69) is 78.6 Å². The van der Waals surface area contributed by atoms with Gasteiger partial charge < -0.3 is 30.8 Å². The van der Waals surface area contributed by atoms with Crippen LogP contribution in [0.1, 0.15) is 19.8 Å². The van der Waals surface area contributed by atoms with Crippen LogP contribution in [0.4, 0.5) is 0 Å². The van der Waals surface area contributed by atoms with Gasteiger partial charge in [0.1, 0.15) is 0 Å². The molecule has 1 unspecified atom stereocenters. The summed E-state index contributed by atoms with van der Waals surface area (Å²) in [5.74, 6) is 0. The van der Waals surface area contributed by atoms with Crippen LogP contribution in [0.25, 0.3) is 0 Å². The summed E-state index contributed by atoms with van der Waals surface area (Å²) in [6.45, 7) is 28.9. The minimum Gasteiger partial charge on any atom is -0.417 e. The highest BCUT2D eigenvalue weighted by atomic mass is 28.5. The SMILES string of the molecule is CCC[C](C(O)CO)[Si](O[Si](C)(C)C)(O[Si](C)(C)C)O[Si](C)(O[Si](C)(C)C)O[Si](C)(C)C. The first kappa shape index (κ1) is 33.0. The average molecular weight is 560 g/mol. The van der Waals surface area contributed by atoms with Crippen molar-refractivity contribution in [3.63, 3.8) is 0 Å². The molecule has 0 spiro atoms. The fourth-order valence-electron chi connectivity index (χ4n) is 3.39. The lowest BCUT2D eigenvalue weighted by Gasteiger charge is -2.49. The molecule has 0 aromatic heterocycles. The van der Waals surface area contributed by atoms with Crippen LogP contribution in [0.15, 0.2) is 0 Å². The van der Waals surface area contributed by atoms with E-state index in [1.54, 1.807) is 0 Å². The van der Waals surface area contributed by atoms with Crippen LogP contribution >= 0.6 is 0 Å². The molecule has 0 amide bonds. The van der Waals surface area contributed by atoms with Crippen LogP contribution in [0.2, 0.25) is 85.1 Å². The minimum absolute atomic E-state index is 0.403. The third-order valence-electron chi connectivity index (χ3n) is 3.67. The van der Waals surface area contributed by atoms with Gasteiger partial charge in [-0.3, -0.25) is 0 Å². The van der Waals surface area contributed by atoms with Crippen LogP contribution < -0.4 is 0 Å². The van der Waals surface area contributed by atoms with E-state index in [1.165, 1.54) is 0 Å². The summed E-state index contributed by atoms with van der Waals surface area (Å²) >= 11 is 0. The van der Waals surface area contributed by atoms with E-state index in [9.17, 15) is 10.2 Å². The lowest BCUT2D eigenvalue weighted by molar-refractivity contribution is 0.0907. The van der Waals surface area contributed by atoms with Gasteiger partial charge in [-0.25, -0.2) is 0 Å². The van der Waals surface area contributed by atoms with Gasteiger partial charge in [0.2, 0.25) is 0 Å². The smallest absolute Gasteiger partial charge is 0.417 e. The Morgan fingerprint density at radius 3 is 1.22 bits per heavy atom. The molecule has 0 saturated carbocycles. The van der Waals surface area contributed by atoms with Crippen molar-refractivity contribution >= 4 is 50.9 Å². The number of rotatable bonds is 15. The van der Waals surface area contributed by atoms with Crippen molar-refractivity contribution < 1.29 is 30.8 Å². The van der Waals surface area contributed by atoms with Crippen molar-refractivity contribution in [2.24, 2.45) is 0 Å². The molecule has 1 radical (unpaired) electrons. The van der Waals surface area contributed by atoms with Gasteiger partial charge in [-0.05, 0) is 85.0 Å². The molecule has 0 aliphatic heterocycles. The van der Waals surface area contributed by atoms with Crippen molar-refractivity contribution in [1.29, 1.82) is 0 Å². The predicted molar refractivity (Wildman–Crippen MR) is 147 cm³/mol. The Bertz CT molecular complexity index is 534. The lowest BCUT2D eigenvalue weighted by Crippen LogP contribution is -2.70. The van der Waals surface area contributed by atoms with Crippen molar-refractivity contribution in [1.82, 2.24) is 0 Å². The third kappa shape index (κ3) is 13.2. The van der Waals surface area contributed by atoms with Gasteiger partial charge in [0.25, 0.3) is 0 Å². The van der Waals surface area contributed by atoms with Crippen LogP contribution in [-0.4, -0.2) is 73.8 Å². The van der Waals surface area contributed by atoms with Crippen LogP contribution in [0, 0.1) is 5.54 Å². The molecule has 0 aliphatic carbocycles. The Hall–Kier alpha value is 1.02. The van der Waals surface area contributed by atoms with Gasteiger partial charge in [0, 0.05) is 6.55 Å². The molecule has 0 fully saturated rings. The van der Waals surface area contributed by atoms with Gasteiger partial charge >= 0.3 is 17.6 Å². The van der Waals surface area contributed by atoms with Crippen molar-refractivity contribution in [2.45, 2.75) is 111 Å². The number of hydrogen-bond donors (Lipinski definition) is 2. The number of hydrogen-bond acceptors (Lipinski definition) is 7. The monoisotopic (exact) mass is 559 g/mol. The van der Waals surface area contributed by atoms with E-state index in [0.717, 1.165) is 6.42 Å². The molecule has 0 saturated heterocycles. The molecule has 7 nitrogen and oxygen atoms in total. The molecular formula is C19H51O7Si6. The van der Waals surface area contributed by atoms with E-state index >= 15 is 0 Å². The third-order valence-corrected chi connectivity index (χ3v) is 22.5. The Morgan fingerprint density at radius 2 is 0.969 bits per heavy atom. The fourth-order valence-corrected chi connectivity index (χ4v) is 26.6. The first-order valence-corrected chi connectivity index (χ1v) is 29.2. The maximum absolute atomic E-state index is 10.9. The van der Waals surface area contributed by atoms with E-state index in [-0.39, 0.29) is 0 Å². The van der Waals surface area contributed by atoms with Gasteiger partial charge in [0.05, 0.1) is 18.3 Å². The van der Waals surface area contributed by atoms with Gasteiger partial charge in [-0.15, -0.1) is 0 Å². The standard InChI is InChI=1S/C19H51O7Si6/c1-15-16-19(18(21)17-20)32(24-29(8,9)10,25-30(11,12)13)26-31(14,22-27(2,3)4)23-28(5,6)7/h18,20-21H,15-17H2,1-14H3. The highest BCUT2D eigenvalue weighted by Gasteiger charge is 2.62. The van der Waals surface area contributed by atoms with E-state index in [0.29, 0.717) is 12.0 Å². The van der Waals surface area contributed by atoms with Crippen molar-refractivity contribution in [3.05, 3.63) is 5.54 Å². The normalized spacial score (nSPS) is 16.0. The molecule has 13 heteroatoms. The maximum atomic E-state index is 10.9. The fraction of sp³-hybridized carbons (Fsp3) is 0.947. The summed E-state index contributed by atoms with van der Waals surface area (Å²) in [6.07, 6.45) is 0.246. The van der Waals surface area contributed by atoms with Gasteiger partial charge in [0.15, 0.2) is 33.3 Å². The molecule has 32 heavy (non-hydrogen) atoms. The second kappa shape index (κ2) is 11.8. The quantitative estimate of drug-likeness (QED) is 0.267. The summed E-state index contributed by atoms with van der Waals surface area (Å²) in [5.41, 5.74) is 0.643. The summed E-state index contributed by atoms with van der Waals surface area (Å²) in [7, 11) is -15.4. The molecule has 0 aromatic carbocycles. The Balaban J connectivity index is 6.91. The highest BCUT2D eigenvalue weighted by Crippen LogP contribution is 2.38. The Labute approximate surface area is 204 Å². The summed E-state index contributed by atoms with van der Waals surface area (Å²) in [6, 6.07) is 0. The zero-order chi connectivity index (χ0) is 25.8. The Kier molecular flexibility index (Phi) is 12.2. The lowest BCUT2D eigenvalue weighted by atomic mass is 10.1. The van der Waals surface area contributed by atoms with E-state index in [1.807, 2.05) is 13.5 Å². The summed E-state index contributed by atoms with van der Waals surface area (Å²) < 4.78 is 33.9. The molecule has 193 valence electrons. The zero-order valence-corrected chi connectivity index (χ0v) is 29.1. The van der Waals surface area contributed by atoms with Crippen LogP contribution in [0.5, 0.6) is 0 Å². The molecule has 0 rings (SSSR count). The topological polar surface area (TPSA) is 86.6 Å². The number of aliphatic hydroxyl groups excluding tert-OH is 2. The van der Waals surface area contributed by atoms with Gasteiger partial charge in [-0.2, -0.15) is 0 Å². The van der Waals surface area contributed by atoms with Gasteiger partial charge in [-0.1, -0.05) is 13.3 Å².